The molecular weight excluding hydrogens is 268 g/mol. The van der Waals surface area contributed by atoms with Crippen LogP contribution in [0.5, 0.6) is 0 Å². The summed E-state index contributed by atoms with van der Waals surface area (Å²) in [6.07, 6.45) is 0.584. The van der Waals surface area contributed by atoms with E-state index in [0.29, 0.717) is 12.0 Å². The highest BCUT2D eigenvalue weighted by molar-refractivity contribution is 5.83. The van der Waals surface area contributed by atoms with E-state index in [1.54, 1.807) is 32.0 Å². The molecule has 2 aromatic rings. The summed E-state index contributed by atoms with van der Waals surface area (Å²) in [5.74, 6) is -1.05. The predicted octanol–water partition coefficient (Wildman–Crippen LogP) is 2.54. The average Bonchev–Trinajstić information content (AvgIpc) is 2.43. The third-order valence-corrected chi connectivity index (χ3v) is 3.42. The molecule has 0 saturated carbocycles. The zero-order chi connectivity index (χ0) is 15.6. The number of aliphatic carboxylic acids is 1. The molecule has 2 rings (SSSR count). The normalized spacial score (nSPS) is 12.4. The number of hydrogen-bond donors (Lipinski definition) is 1. The second kappa shape index (κ2) is 5.91. The number of carbonyl (C=O) groups is 2. The van der Waals surface area contributed by atoms with Crippen molar-refractivity contribution in [3.8, 4) is 0 Å². The molecule has 1 atom stereocenters. The Morgan fingerprint density at radius 2 is 2.00 bits per heavy atom. The van der Waals surface area contributed by atoms with Crippen LogP contribution < -0.4 is 0 Å². The summed E-state index contributed by atoms with van der Waals surface area (Å²) in [6, 6.07) is 7.87. The van der Waals surface area contributed by atoms with Gasteiger partial charge in [-0.25, -0.2) is 4.79 Å². The summed E-state index contributed by atoms with van der Waals surface area (Å²) in [6.45, 7) is 5.48. The van der Waals surface area contributed by atoms with Crippen LogP contribution >= 0.6 is 0 Å². The number of fused-ring (bicyclic) bond motifs is 1. The first-order valence-electron chi connectivity index (χ1n) is 6.77. The second-order valence-electron chi connectivity index (χ2n) is 5.29. The largest absolute Gasteiger partial charge is 0.479 e. The fourth-order valence-electron chi connectivity index (χ4n) is 2.34. The highest BCUT2D eigenvalue weighted by Crippen LogP contribution is 2.25. The van der Waals surface area contributed by atoms with Gasteiger partial charge in [-0.2, -0.15) is 0 Å². The van der Waals surface area contributed by atoms with Crippen molar-refractivity contribution in [2.45, 2.75) is 32.9 Å². The number of pyridine rings is 1. The Morgan fingerprint density at radius 1 is 1.29 bits per heavy atom. The first-order valence-corrected chi connectivity index (χ1v) is 6.77. The number of hydrogen-bond acceptors (Lipinski definition) is 3. The standard InChI is InChI=1S/C16H18N2O3/c1-10(2)18(9-19)15(16(20)21)13-6-7-14-12(8-13)5-4-11(3)17-14/h4-10,15H,1-3H3,(H,20,21). The molecule has 5 heteroatoms. The average molecular weight is 286 g/mol. The molecule has 21 heavy (non-hydrogen) atoms. The minimum Gasteiger partial charge on any atom is -0.479 e. The number of rotatable bonds is 5. The fourth-order valence-corrected chi connectivity index (χ4v) is 2.34. The molecule has 0 bridgehead atoms. The van der Waals surface area contributed by atoms with Crippen molar-refractivity contribution in [1.82, 2.24) is 9.88 Å². The molecular formula is C16H18N2O3. The van der Waals surface area contributed by atoms with E-state index < -0.39 is 12.0 Å². The van der Waals surface area contributed by atoms with Crippen LogP contribution in [0.25, 0.3) is 10.9 Å². The van der Waals surface area contributed by atoms with Crippen molar-refractivity contribution >= 4 is 23.3 Å². The lowest BCUT2D eigenvalue weighted by molar-refractivity contribution is -0.147. The molecule has 0 saturated heterocycles. The fraction of sp³-hybridized carbons (Fsp3) is 0.312. The quantitative estimate of drug-likeness (QED) is 0.857. The van der Waals surface area contributed by atoms with Gasteiger partial charge in [0.15, 0.2) is 6.04 Å². The summed E-state index contributed by atoms with van der Waals surface area (Å²) in [5, 5.41) is 10.3. The molecule has 1 amide bonds. The number of carbonyl (C=O) groups excluding carboxylic acids is 1. The number of amides is 1. The Kier molecular flexibility index (Phi) is 4.21. The second-order valence-corrected chi connectivity index (χ2v) is 5.29. The molecule has 1 heterocycles. The molecule has 110 valence electrons. The van der Waals surface area contributed by atoms with Gasteiger partial charge < -0.3 is 10.0 Å². The predicted molar refractivity (Wildman–Crippen MR) is 79.9 cm³/mol. The number of nitrogens with zero attached hydrogens (tertiary/aromatic N) is 2. The molecule has 0 radical (unpaired) electrons. The van der Waals surface area contributed by atoms with E-state index in [9.17, 15) is 14.7 Å². The van der Waals surface area contributed by atoms with Crippen molar-refractivity contribution < 1.29 is 14.7 Å². The molecule has 1 aromatic heterocycles. The number of benzene rings is 1. The summed E-state index contributed by atoms with van der Waals surface area (Å²) >= 11 is 0. The third kappa shape index (κ3) is 3.02. The van der Waals surface area contributed by atoms with Crippen molar-refractivity contribution in [2.24, 2.45) is 0 Å². The van der Waals surface area contributed by atoms with Crippen LogP contribution in [0.15, 0.2) is 30.3 Å². The van der Waals surface area contributed by atoms with Crippen LogP contribution in [0.3, 0.4) is 0 Å². The zero-order valence-corrected chi connectivity index (χ0v) is 12.3. The number of carboxylic acids is 1. The highest BCUT2D eigenvalue weighted by Gasteiger charge is 2.28. The van der Waals surface area contributed by atoms with Crippen molar-refractivity contribution in [1.29, 1.82) is 0 Å². The van der Waals surface area contributed by atoms with Gasteiger partial charge in [0.1, 0.15) is 0 Å². The first-order chi connectivity index (χ1) is 9.93. The number of carboxylic acid groups (broad SMARTS) is 1. The van der Waals surface area contributed by atoms with Gasteiger partial charge in [0.2, 0.25) is 6.41 Å². The van der Waals surface area contributed by atoms with Gasteiger partial charge in [0, 0.05) is 17.1 Å². The molecule has 1 N–H and O–H groups in total. The Hall–Kier alpha value is -2.43. The van der Waals surface area contributed by atoms with E-state index in [-0.39, 0.29) is 6.04 Å². The van der Waals surface area contributed by atoms with E-state index in [1.807, 2.05) is 19.1 Å². The van der Waals surface area contributed by atoms with Gasteiger partial charge in [-0.05, 0) is 44.5 Å². The van der Waals surface area contributed by atoms with Gasteiger partial charge in [0.05, 0.1) is 5.52 Å². The van der Waals surface area contributed by atoms with Crippen LogP contribution in [0.1, 0.15) is 31.1 Å². The lowest BCUT2D eigenvalue weighted by Crippen LogP contribution is -2.38. The Bertz CT molecular complexity index is 682. The maximum Gasteiger partial charge on any atom is 0.331 e. The van der Waals surface area contributed by atoms with Crippen LogP contribution in [0.2, 0.25) is 0 Å². The van der Waals surface area contributed by atoms with Gasteiger partial charge in [-0.15, -0.1) is 0 Å². The molecule has 0 aliphatic carbocycles. The van der Waals surface area contributed by atoms with E-state index in [0.717, 1.165) is 16.6 Å². The topological polar surface area (TPSA) is 70.5 Å². The van der Waals surface area contributed by atoms with E-state index >= 15 is 0 Å². The molecule has 1 aromatic carbocycles. The van der Waals surface area contributed by atoms with Gasteiger partial charge in [-0.3, -0.25) is 9.78 Å². The SMILES string of the molecule is Cc1ccc2cc(C(C(=O)O)N(C=O)C(C)C)ccc2n1. The zero-order valence-electron chi connectivity index (χ0n) is 12.3. The van der Waals surface area contributed by atoms with Gasteiger partial charge in [0.25, 0.3) is 0 Å². The van der Waals surface area contributed by atoms with Crippen molar-refractivity contribution in [3.05, 3.63) is 41.6 Å². The summed E-state index contributed by atoms with van der Waals surface area (Å²) < 4.78 is 0. The van der Waals surface area contributed by atoms with E-state index in [1.165, 1.54) is 4.90 Å². The van der Waals surface area contributed by atoms with Gasteiger partial charge in [-0.1, -0.05) is 12.1 Å². The summed E-state index contributed by atoms with van der Waals surface area (Å²) in [5.41, 5.74) is 2.29. The summed E-state index contributed by atoms with van der Waals surface area (Å²) in [7, 11) is 0. The van der Waals surface area contributed by atoms with E-state index in [2.05, 4.69) is 4.98 Å². The summed E-state index contributed by atoms with van der Waals surface area (Å²) in [4.78, 5) is 28.5. The van der Waals surface area contributed by atoms with Crippen LogP contribution in [0.4, 0.5) is 0 Å². The molecule has 1 unspecified atom stereocenters. The third-order valence-electron chi connectivity index (χ3n) is 3.42. The van der Waals surface area contributed by atoms with Crippen molar-refractivity contribution in [3.63, 3.8) is 0 Å². The number of aromatic nitrogens is 1. The molecule has 0 aliphatic heterocycles. The number of aryl methyl sites for hydroxylation is 1. The Morgan fingerprint density at radius 3 is 2.57 bits per heavy atom. The van der Waals surface area contributed by atoms with E-state index in [4.69, 9.17) is 0 Å². The lowest BCUT2D eigenvalue weighted by Gasteiger charge is -2.29. The minimum absolute atomic E-state index is 0.199. The maximum absolute atomic E-state index is 11.6. The smallest absolute Gasteiger partial charge is 0.331 e. The monoisotopic (exact) mass is 286 g/mol. The van der Waals surface area contributed by atoms with Crippen LogP contribution in [0, 0.1) is 6.92 Å². The van der Waals surface area contributed by atoms with Crippen LogP contribution in [-0.2, 0) is 9.59 Å². The first kappa shape index (κ1) is 15.0. The molecule has 0 fully saturated rings. The molecule has 5 nitrogen and oxygen atoms in total. The Balaban J connectivity index is 2.52. The minimum atomic E-state index is -1.05. The molecule has 0 aliphatic rings. The lowest BCUT2D eigenvalue weighted by atomic mass is 10.0. The highest BCUT2D eigenvalue weighted by atomic mass is 16.4. The van der Waals surface area contributed by atoms with Gasteiger partial charge >= 0.3 is 5.97 Å². The van der Waals surface area contributed by atoms with Crippen LogP contribution in [-0.4, -0.2) is 33.4 Å². The van der Waals surface area contributed by atoms with Crippen molar-refractivity contribution in [2.75, 3.05) is 0 Å². The maximum atomic E-state index is 11.6. The Labute approximate surface area is 123 Å². The molecule has 0 spiro atoms.